The number of hydrogen-bond donors (Lipinski definition) is 1. The first-order chi connectivity index (χ1) is 5.81. The Kier molecular flexibility index (Phi) is 4.19. The van der Waals surface area contributed by atoms with Gasteiger partial charge >= 0.3 is 12.3 Å². The third-order valence-electron chi connectivity index (χ3n) is 1.15. The fourth-order valence-electron chi connectivity index (χ4n) is 0.504. The van der Waals surface area contributed by atoms with Crippen LogP contribution >= 0.6 is 0 Å². The zero-order valence-corrected chi connectivity index (χ0v) is 7.94. The van der Waals surface area contributed by atoms with E-state index < -0.39 is 12.3 Å². The van der Waals surface area contributed by atoms with Crippen molar-refractivity contribution in [2.24, 2.45) is 0 Å². The summed E-state index contributed by atoms with van der Waals surface area (Å²) in [6.45, 7) is 0.727. The summed E-state index contributed by atoms with van der Waals surface area (Å²) < 4.78 is 8.81. The second kappa shape index (κ2) is 4.66. The predicted octanol–water partition coefficient (Wildman–Crippen LogP) is 0.524. The lowest BCUT2D eigenvalue weighted by Crippen LogP contribution is -2.38. The first kappa shape index (κ1) is 11.7. The molecular weight excluding hydrogens is 178 g/mol. The summed E-state index contributed by atoms with van der Waals surface area (Å²) in [7, 11) is 5.77. The molecule has 1 N–H and O–H groups in total. The number of likely N-dealkylation sites (N-methyl/N-ethyl adjacent to an activating group) is 1. The number of nitrogens with zero attached hydrogens (tertiary/aromatic N) is 1. The molecule has 6 nitrogen and oxygen atoms in total. The van der Waals surface area contributed by atoms with Crippen LogP contribution in [0.5, 0.6) is 0 Å². The quantitative estimate of drug-likeness (QED) is 0.401. The molecule has 0 unspecified atom stereocenters. The molecule has 0 atom stereocenters. The molecule has 0 heterocycles. The molecule has 0 rings (SSSR count). The Morgan fingerprint density at radius 1 is 1.31 bits per heavy atom. The second-order valence-corrected chi connectivity index (χ2v) is 3.48. The number of ether oxygens (including phenoxy) is 2. The third kappa shape index (κ3) is 8.61. The van der Waals surface area contributed by atoms with E-state index in [1.165, 1.54) is 0 Å². The van der Waals surface area contributed by atoms with Crippen molar-refractivity contribution in [3.8, 4) is 0 Å². The van der Waals surface area contributed by atoms with Gasteiger partial charge in [-0.3, -0.25) is 0 Å². The lowest BCUT2D eigenvalue weighted by atomic mass is 10.5. The largest absolute Gasteiger partial charge is 0.518 e. The van der Waals surface area contributed by atoms with Crippen LogP contribution in [0.15, 0.2) is 0 Å². The van der Waals surface area contributed by atoms with Crippen molar-refractivity contribution in [1.82, 2.24) is 0 Å². The summed E-state index contributed by atoms with van der Waals surface area (Å²) >= 11 is 0. The van der Waals surface area contributed by atoms with E-state index in [0.29, 0.717) is 11.0 Å². The van der Waals surface area contributed by atoms with Gasteiger partial charge in [-0.15, -0.1) is 0 Å². The Morgan fingerprint density at radius 2 is 1.85 bits per heavy atom. The summed E-state index contributed by atoms with van der Waals surface area (Å²) in [5, 5.41) is 8.02. The van der Waals surface area contributed by atoms with Gasteiger partial charge < -0.3 is 19.1 Å². The van der Waals surface area contributed by atoms with Gasteiger partial charge in [-0.25, -0.2) is 9.59 Å². The highest BCUT2D eigenvalue weighted by Gasteiger charge is 2.12. The van der Waals surface area contributed by atoms with Crippen LogP contribution in [0.1, 0.15) is 0 Å². The molecule has 0 bridgehead atoms. The number of carboxylic acid groups (broad SMARTS) is 1. The Labute approximate surface area is 76.2 Å². The normalized spacial score (nSPS) is 10.7. The molecule has 0 aromatic heterocycles. The molecule has 0 saturated carbocycles. The molecule has 0 amide bonds. The van der Waals surface area contributed by atoms with Gasteiger partial charge in [0, 0.05) is 0 Å². The summed E-state index contributed by atoms with van der Waals surface area (Å²) in [4.78, 5) is 20.3. The third-order valence-corrected chi connectivity index (χ3v) is 1.15. The van der Waals surface area contributed by atoms with Crippen LogP contribution < -0.4 is 0 Å². The first-order valence-corrected chi connectivity index (χ1v) is 3.69. The lowest BCUT2D eigenvalue weighted by molar-refractivity contribution is -0.870. The molecule has 0 aromatic carbocycles. The average molecular weight is 192 g/mol. The van der Waals surface area contributed by atoms with Crippen molar-refractivity contribution in [3.05, 3.63) is 0 Å². The molecule has 0 fully saturated rings. The summed E-state index contributed by atoms with van der Waals surface area (Å²) in [5.74, 6) is 0. The smallest absolute Gasteiger partial charge is 0.449 e. The van der Waals surface area contributed by atoms with Gasteiger partial charge in [0.1, 0.15) is 13.2 Å². The Morgan fingerprint density at radius 3 is 2.23 bits per heavy atom. The number of carbonyl (C=O) groups is 2. The minimum Gasteiger partial charge on any atom is -0.449 e. The molecule has 0 aromatic rings. The van der Waals surface area contributed by atoms with Gasteiger partial charge in [0.15, 0.2) is 0 Å². The minimum atomic E-state index is -1.66. The standard InChI is InChI=1S/C7H13NO5/c1-8(2,3)4-5-12-7(11)13-6(9)10/h4-5H2,1-3H3/p+1. The molecule has 0 spiro atoms. The topological polar surface area (TPSA) is 72.8 Å². The number of rotatable bonds is 3. The van der Waals surface area contributed by atoms with Crippen molar-refractivity contribution >= 4 is 12.3 Å². The maximum absolute atomic E-state index is 10.5. The van der Waals surface area contributed by atoms with Crippen LogP contribution in [-0.2, 0) is 9.47 Å². The van der Waals surface area contributed by atoms with E-state index >= 15 is 0 Å². The maximum atomic E-state index is 10.5. The minimum absolute atomic E-state index is 0.135. The zero-order valence-electron chi connectivity index (χ0n) is 7.94. The van der Waals surface area contributed by atoms with Crippen LogP contribution in [0.2, 0.25) is 0 Å². The second-order valence-electron chi connectivity index (χ2n) is 3.48. The van der Waals surface area contributed by atoms with Gasteiger partial charge in [0.05, 0.1) is 21.1 Å². The highest BCUT2D eigenvalue weighted by atomic mass is 16.8. The highest BCUT2D eigenvalue weighted by molar-refractivity contribution is 5.75. The van der Waals surface area contributed by atoms with E-state index in [2.05, 4.69) is 9.47 Å². The molecular formula is C7H14NO5+. The molecule has 0 aliphatic rings. The van der Waals surface area contributed by atoms with Gasteiger partial charge in [-0.05, 0) is 0 Å². The Bertz CT molecular complexity index is 196. The van der Waals surface area contributed by atoms with E-state index in [0.717, 1.165) is 0 Å². The molecule has 0 radical (unpaired) electrons. The van der Waals surface area contributed by atoms with Crippen LogP contribution in [0.4, 0.5) is 9.59 Å². The lowest BCUT2D eigenvalue weighted by Gasteiger charge is -2.22. The van der Waals surface area contributed by atoms with Crippen LogP contribution in [0.25, 0.3) is 0 Å². The van der Waals surface area contributed by atoms with E-state index in [-0.39, 0.29) is 6.61 Å². The van der Waals surface area contributed by atoms with Crippen molar-refractivity contribution in [2.45, 2.75) is 0 Å². The Hall–Kier alpha value is -1.30. The number of quaternary nitrogens is 1. The molecule has 0 saturated heterocycles. The monoisotopic (exact) mass is 192 g/mol. The van der Waals surface area contributed by atoms with Crippen LogP contribution in [-0.4, -0.2) is 56.2 Å². The average Bonchev–Trinajstić information content (AvgIpc) is 1.81. The first-order valence-electron chi connectivity index (χ1n) is 3.69. The van der Waals surface area contributed by atoms with Crippen molar-refractivity contribution in [3.63, 3.8) is 0 Å². The zero-order chi connectivity index (χ0) is 10.5. The number of carbonyl (C=O) groups excluding carboxylic acids is 1. The van der Waals surface area contributed by atoms with E-state index in [1.54, 1.807) is 0 Å². The SMILES string of the molecule is C[N+](C)(C)CCOC(=O)OC(=O)O. The van der Waals surface area contributed by atoms with Crippen LogP contribution in [0, 0.1) is 0 Å². The van der Waals surface area contributed by atoms with Gasteiger partial charge in [0.2, 0.25) is 0 Å². The van der Waals surface area contributed by atoms with Gasteiger partial charge in [-0.1, -0.05) is 0 Å². The fraction of sp³-hybridized carbons (Fsp3) is 0.714. The molecule has 13 heavy (non-hydrogen) atoms. The summed E-state index contributed by atoms with van der Waals surface area (Å²) in [5.41, 5.74) is 0. The van der Waals surface area contributed by atoms with Crippen molar-refractivity contribution in [2.75, 3.05) is 34.3 Å². The predicted molar refractivity (Wildman–Crippen MR) is 43.4 cm³/mol. The van der Waals surface area contributed by atoms with E-state index in [9.17, 15) is 9.59 Å². The maximum Gasteiger partial charge on any atom is 0.518 e. The van der Waals surface area contributed by atoms with Gasteiger partial charge in [0.25, 0.3) is 0 Å². The van der Waals surface area contributed by atoms with Crippen LogP contribution in [0.3, 0.4) is 0 Å². The fourth-order valence-corrected chi connectivity index (χ4v) is 0.504. The molecule has 0 aliphatic carbocycles. The number of hydrogen-bond acceptors (Lipinski definition) is 4. The van der Waals surface area contributed by atoms with Crippen molar-refractivity contribution in [1.29, 1.82) is 0 Å². The van der Waals surface area contributed by atoms with E-state index in [1.807, 2.05) is 21.1 Å². The molecule has 76 valence electrons. The van der Waals surface area contributed by atoms with Gasteiger partial charge in [-0.2, -0.15) is 0 Å². The Balaban J connectivity index is 3.54. The molecule has 6 heteroatoms. The molecule has 0 aliphatic heterocycles. The van der Waals surface area contributed by atoms with E-state index in [4.69, 9.17) is 5.11 Å². The summed E-state index contributed by atoms with van der Waals surface area (Å²) in [6, 6.07) is 0. The summed E-state index contributed by atoms with van der Waals surface area (Å²) in [6.07, 6.45) is -2.84. The highest BCUT2D eigenvalue weighted by Crippen LogP contribution is 1.91. The van der Waals surface area contributed by atoms with Crippen molar-refractivity contribution < 1.29 is 28.7 Å².